The van der Waals surface area contributed by atoms with Gasteiger partial charge in [-0.1, -0.05) is 30.0 Å². The summed E-state index contributed by atoms with van der Waals surface area (Å²) in [4.78, 5) is 18.9. The Morgan fingerprint density at radius 2 is 2.00 bits per heavy atom. The van der Waals surface area contributed by atoms with E-state index < -0.39 is 0 Å². The van der Waals surface area contributed by atoms with E-state index in [-0.39, 0.29) is 5.56 Å². The molecule has 0 unspecified atom stereocenters. The van der Waals surface area contributed by atoms with Crippen LogP contribution in [0.15, 0.2) is 55.8 Å². The van der Waals surface area contributed by atoms with Gasteiger partial charge in [0.25, 0.3) is 5.56 Å². The average Bonchev–Trinajstić information content (AvgIpc) is 2.26. The molecule has 0 fully saturated rings. The van der Waals surface area contributed by atoms with Gasteiger partial charge in [0.1, 0.15) is 9.50 Å². The smallest absolute Gasteiger partial charge is 0.266 e. The summed E-state index contributed by atoms with van der Waals surface area (Å²) in [6.07, 6.45) is 1.40. The third-order valence-corrected chi connectivity index (χ3v) is 3.73. The zero-order chi connectivity index (χ0) is 10.7. The van der Waals surface area contributed by atoms with Crippen LogP contribution in [0.4, 0.5) is 0 Å². The SMILES string of the molecule is O=c1[nH]cnc(Sc2ccccc2)c1Br. The van der Waals surface area contributed by atoms with Crippen molar-refractivity contribution in [2.45, 2.75) is 9.92 Å². The molecule has 2 aromatic rings. The maximum absolute atomic E-state index is 11.3. The average molecular weight is 283 g/mol. The minimum Gasteiger partial charge on any atom is -0.312 e. The summed E-state index contributed by atoms with van der Waals surface area (Å²) in [6.45, 7) is 0. The van der Waals surface area contributed by atoms with Gasteiger partial charge in [0.15, 0.2) is 0 Å². The summed E-state index contributed by atoms with van der Waals surface area (Å²) in [5.74, 6) is 0. The lowest BCUT2D eigenvalue weighted by Gasteiger charge is -2.01. The molecule has 0 saturated carbocycles. The predicted molar refractivity (Wildman–Crippen MR) is 63.1 cm³/mol. The van der Waals surface area contributed by atoms with Gasteiger partial charge in [-0.2, -0.15) is 0 Å². The molecule has 3 nitrogen and oxygen atoms in total. The zero-order valence-corrected chi connectivity index (χ0v) is 10.0. The van der Waals surface area contributed by atoms with Crippen LogP contribution < -0.4 is 5.56 Å². The third-order valence-electron chi connectivity index (χ3n) is 1.72. The molecule has 0 aliphatic heterocycles. The molecule has 0 aliphatic rings. The van der Waals surface area contributed by atoms with Gasteiger partial charge < -0.3 is 4.98 Å². The first kappa shape index (κ1) is 10.4. The Morgan fingerprint density at radius 3 is 2.73 bits per heavy atom. The molecular weight excluding hydrogens is 276 g/mol. The van der Waals surface area contributed by atoms with Crippen molar-refractivity contribution in [3.63, 3.8) is 0 Å². The number of H-pyrrole nitrogens is 1. The lowest BCUT2D eigenvalue weighted by molar-refractivity contribution is 0.990. The minimum absolute atomic E-state index is 0.163. The number of rotatable bonds is 2. The van der Waals surface area contributed by atoms with E-state index in [0.717, 1.165) is 4.90 Å². The highest BCUT2D eigenvalue weighted by Gasteiger charge is 2.06. The fourth-order valence-corrected chi connectivity index (χ4v) is 2.30. The molecule has 76 valence electrons. The summed E-state index contributed by atoms with van der Waals surface area (Å²) >= 11 is 4.66. The number of aromatic amines is 1. The van der Waals surface area contributed by atoms with Gasteiger partial charge in [0.05, 0.1) is 6.33 Å². The van der Waals surface area contributed by atoms with Crippen LogP contribution >= 0.6 is 27.7 Å². The maximum atomic E-state index is 11.3. The summed E-state index contributed by atoms with van der Waals surface area (Å²) in [5.41, 5.74) is -0.163. The highest BCUT2D eigenvalue weighted by Crippen LogP contribution is 2.28. The number of benzene rings is 1. The number of hydrogen-bond acceptors (Lipinski definition) is 3. The molecule has 0 bridgehead atoms. The fraction of sp³-hybridized carbons (Fsp3) is 0. The highest BCUT2D eigenvalue weighted by molar-refractivity contribution is 9.10. The molecular formula is C10H7BrN2OS. The first-order valence-electron chi connectivity index (χ1n) is 4.23. The Kier molecular flexibility index (Phi) is 3.23. The quantitative estimate of drug-likeness (QED) is 0.862. The third kappa shape index (κ3) is 2.49. The van der Waals surface area contributed by atoms with E-state index in [9.17, 15) is 4.79 Å². The van der Waals surface area contributed by atoms with Crippen molar-refractivity contribution in [1.82, 2.24) is 9.97 Å². The van der Waals surface area contributed by atoms with Crippen LogP contribution in [-0.2, 0) is 0 Å². The summed E-state index contributed by atoms with van der Waals surface area (Å²) < 4.78 is 0.471. The standard InChI is InChI=1S/C10H7BrN2OS/c11-8-9(14)12-6-13-10(8)15-7-4-2-1-3-5-7/h1-6H,(H,12,13,14). The minimum atomic E-state index is -0.163. The second-order valence-electron chi connectivity index (χ2n) is 2.77. The van der Waals surface area contributed by atoms with Gasteiger partial charge in [0.2, 0.25) is 0 Å². The van der Waals surface area contributed by atoms with E-state index in [1.807, 2.05) is 30.3 Å². The van der Waals surface area contributed by atoms with Crippen LogP contribution in [-0.4, -0.2) is 9.97 Å². The van der Waals surface area contributed by atoms with Crippen molar-refractivity contribution < 1.29 is 0 Å². The van der Waals surface area contributed by atoms with E-state index in [4.69, 9.17) is 0 Å². The first-order valence-corrected chi connectivity index (χ1v) is 5.84. The molecule has 15 heavy (non-hydrogen) atoms. The van der Waals surface area contributed by atoms with Crippen LogP contribution in [0.25, 0.3) is 0 Å². The summed E-state index contributed by atoms with van der Waals surface area (Å²) in [5, 5.41) is 0.671. The van der Waals surface area contributed by atoms with Crippen molar-refractivity contribution in [3.05, 3.63) is 51.5 Å². The molecule has 1 aromatic heterocycles. The molecule has 0 saturated heterocycles. The second kappa shape index (κ2) is 4.63. The molecule has 2 rings (SSSR count). The Hall–Kier alpha value is -1.07. The second-order valence-corrected chi connectivity index (χ2v) is 4.62. The molecule has 0 amide bonds. The van der Waals surface area contributed by atoms with Gasteiger partial charge in [-0.05, 0) is 28.1 Å². The number of halogens is 1. The Labute approximate surface area is 99.1 Å². The van der Waals surface area contributed by atoms with Crippen LogP contribution in [0.5, 0.6) is 0 Å². The molecule has 0 aliphatic carbocycles. The summed E-state index contributed by atoms with van der Waals surface area (Å²) in [6, 6.07) is 9.79. The Bertz CT molecular complexity index is 512. The first-order chi connectivity index (χ1) is 7.27. The van der Waals surface area contributed by atoms with Crippen LogP contribution in [0, 0.1) is 0 Å². The van der Waals surface area contributed by atoms with E-state index in [0.29, 0.717) is 9.50 Å². The normalized spacial score (nSPS) is 10.2. The molecule has 0 spiro atoms. The Balaban J connectivity index is 2.33. The number of nitrogens with one attached hydrogen (secondary N) is 1. The fourth-order valence-electron chi connectivity index (χ4n) is 1.04. The molecule has 0 atom stereocenters. The lowest BCUT2D eigenvalue weighted by atomic mass is 10.4. The molecule has 1 N–H and O–H groups in total. The van der Waals surface area contributed by atoms with Gasteiger partial charge in [-0.25, -0.2) is 4.98 Å². The van der Waals surface area contributed by atoms with Gasteiger partial charge in [-0.15, -0.1) is 0 Å². The van der Waals surface area contributed by atoms with Crippen molar-refractivity contribution in [3.8, 4) is 0 Å². The van der Waals surface area contributed by atoms with Crippen LogP contribution in [0.3, 0.4) is 0 Å². The van der Waals surface area contributed by atoms with Crippen LogP contribution in [0.1, 0.15) is 0 Å². The van der Waals surface area contributed by atoms with Gasteiger partial charge >= 0.3 is 0 Å². The summed E-state index contributed by atoms with van der Waals surface area (Å²) in [7, 11) is 0. The van der Waals surface area contributed by atoms with Gasteiger partial charge in [0, 0.05) is 4.90 Å². The zero-order valence-electron chi connectivity index (χ0n) is 7.61. The van der Waals surface area contributed by atoms with E-state index in [1.54, 1.807) is 0 Å². The predicted octanol–water partition coefficient (Wildman–Crippen LogP) is 2.68. The van der Waals surface area contributed by atoms with E-state index in [2.05, 4.69) is 25.9 Å². The van der Waals surface area contributed by atoms with Gasteiger partial charge in [-0.3, -0.25) is 4.79 Å². The molecule has 1 heterocycles. The van der Waals surface area contributed by atoms with Crippen molar-refractivity contribution in [2.75, 3.05) is 0 Å². The monoisotopic (exact) mass is 282 g/mol. The van der Waals surface area contributed by atoms with Crippen molar-refractivity contribution in [1.29, 1.82) is 0 Å². The van der Waals surface area contributed by atoms with E-state index in [1.165, 1.54) is 18.1 Å². The Morgan fingerprint density at radius 1 is 1.27 bits per heavy atom. The number of hydrogen-bond donors (Lipinski definition) is 1. The highest BCUT2D eigenvalue weighted by atomic mass is 79.9. The topological polar surface area (TPSA) is 45.8 Å². The van der Waals surface area contributed by atoms with Crippen molar-refractivity contribution >= 4 is 27.7 Å². The van der Waals surface area contributed by atoms with Crippen LogP contribution in [0.2, 0.25) is 0 Å². The molecule has 1 aromatic carbocycles. The largest absolute Gasteiger partial charge is 0.312 e. The number of aromatic nitrogens is 2. The number of nitrogens with zero attached hydrogens (tertiary/aromatic N) is 1. The van der Waals surface area contributed by atoms with E-state index >= 15 is 0 Å². The molecule has 5 heteroatoms. The molecule has 0 radical (unpaired) electrons. The lowest BCUT2D eigenvalue weighted by Crippen LogP contribution is -2.07. The van der Waals surface area contributed by atoms with Crippen molar-refractivity contribution in [2.24, 2.45) is 0 Å². The maximum Gasteiger partial charge on any atom is 0.266 e.